The van der Waals surface area contributed by atoms with Crippen molar-refractivity contribution in [3.63, 3.8) is 0 Å². The Hall–Kier alpha value is -4.10. The first-order valence-corrected chi connectivity index (χ1v) is 12.3. The molecule has 2 aromatic heterocycles. The van der Waals surface area contributed by atoms with Gasteiger partial charge in [-0.1, -0.05) is 24.3 Å². The lowest BCUT2D eigenvalue weighted by Gasteiger charge is -2.09. The van der Waals surface area contributed by atoms with Crippen LogP contribution in [0.25, 0.3) is 16.7 Å². The molecule has 1 amide bonds. The van der Waals surface area contributed by atoms with Crippen molar-refractivity contribution in [1.29, 1.82) is 0 Å². The molecule has 0 saturated heterocycles. The molecule has 174 valence electrons. The highest BCUT2D eigenvalue weighted by Crippen LogP contribution is 2.22. The number of thioether (sulfide) groups is 1. The van der Waals surface area contributed by atoms with Crippen molar-refractivity contribution in [3.8, 4) is 11.4 Å². The van der Waals surface area contributed by atoms with E-state index in [2.05, 4.69) is 27.4 Å². The maximum atomic E-state index is 12.6. The Labute approximate surface area is 208 Å². The zero-order valence-electron chi connectivity index (χ0n) is 19.0. The second kappa shape index (κ2) is 10.9. The molecule has 5 aromatic rings. The van der Waals surface area contributed by atoms with Gasteiger partial charge in [-0.05, 0) is 66.2 Å². The van der Waals surface area contributed by atoms with E-state index in [4.69, 9.17) is 4.74 Å². The highest BCUT2D eigenvalue weighted by molar-refractivity contribution is 7.99. The molecule has 0 bridgehead atoms. The molecule has 0 spiro atoms. The van der Waals surface area contributed by atoms with E-state index in [-0.39, 0.29) is 5.91 Å². The number of hydrogen-bond acceptors (Lipinski definition) is 5. The van der Waals surface area contributed by atoms with Crippen molar-refractivity contribution < 1.29 is 9.53 Å². The second-order valence-corrected chi connectivity index (χ2v) is 9.03. The SMILES string of the molecule is O=C(NCc1cccnc1)c1ccc2c(c1)ncn2-c1ccc(OCCSc2ccccc2)cc1. The molecule has 0 aliphatic heterocycles. The van der Waals surface area contributed by atoms with Gasteiger partial charge in [-0.2, -0.15) is 0 Å². The number of fused-ring (bicyclic) bond motifs is 1. The van der Waals surface area contributed by atoms with Crippen LogP contribution in [0.2, 0.25) is 0 Å². The van der Waals surface area contributed by atoms with Gasteiger partial charge in [0.2, 0.25) is 0 Å². The molecule has 0 unspecified atom stereocenters. The molecule has 0 radical (unpaired) electrons. The maximum absolute atomic E-state index is 12.6. The van der Waals surface area contributed by atoms with Crippen molar-refractivity contribution in [1.82, 2.24) is 19.9 Å². The van der Waals surface area contributed by atoms with Crippen molar-refractivity contribution in [2.24, 2.45) is 0 Å². The summed E-state index contributed by atoms with van der Waals surface area (Å²) >= 11 is 1.78. The van der Waals surface area contributed by atoms with Crippen molar-refractivity contribution >= 4 is 28.7 Å². The Balaban J connectivity index is 1.20. The molecular weight excluding hydrogens is 456 g/mol. The molecule has 0 atom stereocenters. The van der Waals surface area contributed by atoms with Crippen LogP contribution in [-0.4, -0.2) is 32.8 Å². The molecular formula is C28H24N4O2S. The maximum Gasteiger partial charge on any atom is 0.251 e. The number of carbonyl (C=O) groups is 1. The molecule has 1 N–H and O–H groups in total. The van der Waals surface area contributed by atoms with Crippen molar-refractivity contribution in [2.45, 2.75) is 11.4 Å². The Bertz CT molecular complexity index is 1400. The van der Waals surface area contributed by atoms with Crippen LogP contribution in [0.3, 0.4) is 0 Å². The minimum absolute atomic E-state index is 0.141. The number of nitrogens with one attached hydrogen (secondary N) is 1. The van der Waals surface area contributed by atoms with Crippen LogP contribution in [0.4, 0.5) is 0 Å². The number of amides is 1. The largest absolute Gasteiger partial charge is 0.493 e. The van der Waals surface area contributed by atoms with Gasteiger partial charge in [0.05, 0.1) is 17.6 Å². The van der Waals surface area contributed by atoms with Gasteiger partial charge in [0.1, 0.15) is 12.1 Å². The predicted octanol–water partition coefficient (Wildman–Crippen LogP) is 5.52. The number of benzene rings is 3. The lowest BCUT2D eigenvalue weighted by molar-refractivity contribution is 0.0951. The summed E-state index contributed by atoms with van der Waals surface area (Å²) in [4.78, 5) is 22.4. The Kier molecular flexibility index (Phi) is 7.05. The van der Waals surface area contributed by atoms with Gasteiger partial charge in [0.15, 0.2) is 0 Å². The molecule has 35 heavy (non-hydrogen) atoms. The molecule has 0 aliphatic rings. The number of rotatable bonds is 9. The molecule has 3 aromatic carbocycles. The number of hydrogen-bond donors (Lipinski definition) is 1. The number of aromatic nitrogens is 3. The van der Waals surface area contributed by atoms with E-state index in [9.17, 15) is 4.79 Å². The van der Waals surface area contributed by atoms with E-state index >= 15 is 0 Å². The summed E-state index contributed by atoms with van der Waals surface area (Å²) < 4.78 is 7.89. The zero-order chi connectivity index (χ0) is 23.9. The van der Waals surface area contributed by atoms with Crippen LogP contribution in [-0.2, 0) is 6.54 Å². The molecule has 5 rings (SSSR count). The first-order chi connectivity index (χ1) is 17.3. The average molecular weight is 481 g/mol. The number of pyridine rings is 1. The third kappa shape index (κ3) is 5.70. The lowest BCUT2D eigenvalue weighted by atomic mass is 10.1. The topological polar surface area (TPSA) is 69.0 Å². The van der Waals surface area contributed by atoms with Crippen LogP contribution in [0.1, 0.15) is 15.9 Å². The Morgan fingerprint density at radius 2 is 1.83 bits per heavy atom. The number of nitrogens with zero attached hydrogens (tertiary/aromatic N) is 3. The molecule has 7 heteroatoms. The van der Waals surface area contributed by atoms with Crippen molar-refractivity contribution in [3.05, 3.63) is 115 Å². The van der Waals surface area contributed by atoms with Crippen LogP contribution in [0.15, 0.2) is 109 Å². The van der Waals surface area contributed by atoms with Gasteiger partial charge < -0.3 is 10.1 Å². The summed E-state index contributed by atoms with van der Waals surface area (Å²) in [5, 5.41) is 2.93. The van der Waals surface area contributed by atoms with Crippen molar-refractivity contribution in [2.75, 3.05) is 12.4 Å². The Morgan fingerprint density at radius 1 is 0.971 bits per heavy atom. The van der Waals surface area contributed by atoms with Gasteiger partial charge in [-0.25, -0.2) is 4.98 Å². The zero-order valence-corrected chi connectivity index (χ0v) is 19.8. The minimum atomic E-state index is -0.141. The number of imidazole rings is 1. The molecule has 6 nitrogen and oxygen atoms in total. The third-order valence-corrected chi connectivity index (χ3v) is 6.44. The van der Waals surface area contributed by atoms with E-state index in [1.165, 1.54) is 4.90 Å². The van der Waals surface area contributed by atoms with Gasteiger partial charge in [0, 0.05) is 40.8 Å². The van der Waals surface area contributed by atoms with Gasteiger partial charge in [0.25, 0.3) is 5.91 Å². The van der Waals surface area contributed by atoms with E-state index in [1.807, 2.05) is 77.4 Å². The van der Waals surface area contributed by atoms with Crippen LogP contribution < -0.4 is 10.1 Å². The summed E-state index contributed by atoms with van der Waals surface area (Å²) in [5.74, 6) is 1.58. The predicted molar refractivity (Wildman–Crippen MR) is 139 cm³/mol. The minimum Gasteiger partial charge on any atom is -0.493 e. The van der Waals surface area contributed by atoms with Gasteiger partial charge >= 0.3 is 0 Å². The summed E-state index contributed by atoms with van der Waals surface area (Å²) in [5.41, 5.74) is 4.20. The first-order valence-electron chi connectivity index (χ1n) is 11.3. The van der Waals surface area contributed by atoms with E-state index in [0.717, 1.165) is 33.8 Å². The monoisotopic (exact) mass is 480 g/mol. The number of carbonyl (C=O) groups excluding carboxylic acids is 1. The number of ether oxygens (including phenoxy) is 1. The molecule has 2 heterocycles. The fourth-order valence-electron chi connectivity index (χ4n) is 3.69. The first kappa shape index (κ1) is 22.7. The highest BCUT2D eigenvalue weighted by Gasteiger charge is 2.10. The molecule has 0 aliphatic carbocycles. The quantitative estimate of drug-likeness (QED) is 0.222. The average Bonchev–Trinajstić information content (AvgIpc) is 3.35. The lowest BCUT2D eigenvalue weighted by Crippen LogP contribution is -2.22. The fraction of sp³-hybridized carbons (Fsp3) is 0.107. The van der Waals surface area contributed by atoms with E-state index < -0.39 is 0 Å². The summed E-state index contributed by atoms with van der Waals surface area (Å²) in [6, 6.07) is 27.6. The van der Waals surface area contributed by atoms with Gasteiger partial charge in [-0.3, -0.25) is 14.3 Å². The molecule has 0 fully saturated rings. The summed E-state index contributed by atoms with van der Waals surface area (Å²) in [6.45, 7) is 1.07. The Morgan fingerprint density at radius 3 is 2.63 bits per heavy atom. The normalized spacial score (nSPS) is 10.9. The standard InChI is InChI=1S/C28H24N4O2S/c33-28(30-19-21-5-4-14-29-18-21)22-8-13-27-26(17-22)31-20-32(27)23-9-11-24(12-10-23)34-15-16-35-25-6-2-1-3-7-25/h1-14,17-18,20H,15-16,19H2,(H,30,33). The smallest absolute Gasteiger partial charge is 0.251 e. The summed E-state index contributed by atoms with van der Waals surface area (Å²) in [7, 11) is 0. The third-order valence-electron chi connectivity index (χ3n) is 5.46. The highest BCUT2D eigenvalue weighted by atomic mass is 32.2. The van der Waals surface area contributed by atoms with Crippen LogP contribution >= 0.6 is 11.8 Å². The summed E-state index contributed by atoms with van der Waals surface area (Å²) in [6.07, 6.45) is 5.22. The molecule has 0 saturated carbocycles. The van der Waals surface area contributed by atoms with Crippen LogP contribution in [0.5, 0.6) is 5.75 Å². The van der Waals surface area contributed by atoms with E-state index in [1.54, 1.807) is 30.5 Å². The van der Waals surface area contributed by atoms with E-state index in [0.29, 0.717) is 18.7 Å². The second-order valence-electron chi connectivity index (χ2n) is 7.87. The van der Waals surface area contributed by atoms with Gasteiger partial charge in [-0.15, -0.1) is 11.8 Å². The fourth-order valence-corrected chi connectivity index (χ4v) is 4.44. The van der Waals surface area contributed by atoms with Crippen LogP contribution in [0, 0.1) is 0 Å².